The van der Waals surface area contributed by atoms with Crippen LogP contribution in [-0.4, -0.2) is 59.8 Å². The molecule has 21 heavy (non-hydrogen) atoms. The van der Waals surface area contributed by atoms with Crippen LogP contribution in [0.5, 0.6) is 0 Å². The van der Waals surface area contributed by atoms with Crippen molar-refractivity contribution in [2.45, 2.75) is 13.8 Å². The van der Waals surface area contributed by atoms with E-state index in [1.165, 1.54) is 0 Å². The van der Waals surface area contributed by atoms with Crippen molar-refractivity contribution in [2.75, 3.05) is 32.1 Å². The summed E-state index contributed by atoms with van der Waals surface area (Å²) in [5.74, 6) is -0.937. The predicted octanol–water partition coefficient (Wildman–Crippen LogP) is -0.0728. The van der Waals surface area contributed by atoms with E-state index < -0.39 is 11.8 Å². The van der Waals surface area contributed by atoms with Crippen molar-refractivity contribution in [3.63, 3.8) is 0 Å². The minimum atomic E-state index is -0.555. The Morgan fingerprint density at radius 2 is 2.00 bits per heavy atom. The largest absolute Gasteiger partial charge is 0.378 e. The number of ether oxygens (including phenoxy) is 1. The molecule has 0 atom stereocenters. The van der Waals surface area contributed by atoms with Gasteiger partial charge in [0.25, 0.3) is 11.8 Å². The summed E-state index contributed by atoms with van der Waals surface area (Å²) in [7, 11) is 0. The molecule has 3 amide bonds. The van der Waals surface area contributed by atoms with Gasteiger partial charge in [0.15, 0.2) is 5.17 Å². The molecule has 0 bridgehead atoms. The molecule has 0 aromatic rings. The fraction of sp³-hybridized carbons (Fsp3) is 0.538. The van der Waals surface area contributed by atoms with Crippen molar-refractivity contribution in [3.05, 3.63) is 11.1 Å². The second-order valence-corrected chi connectivity index (χ2v) is 5.80. The first-order chi connectivity index (χ1) is 9.99. The zero-order chi connectivity index (χ0) is 15.4. The summed E-state index contributed by atoms with van der Waals surface area (Å²) >= 11 is 1.06. The van der Waals surface area contributed by atoms with Crippen molar-refractivity contribution in [3.8, 4) is 0 Å². The van der Waals surface area contributed by atoms with Gasteiger partial charge in [0.05, 0.1) is 19.0 Å². The second kappa shape index (κ2) is 6.86. The Morgan fingerprint density at radius 1 is 1.33 bits per heavy atom. The highest BCUT2D eigenvalue weighted by Crippen LogP contribution is 2.15. The Labute approximate surface area is 126 Å². The van der Waals surface area contributed by atoms with Crippen LogP contribution in [0.15, 0.2) is 16.1 Å². The molecule has 7 nitrogen and oxygen atoms in total. The van der Waals surface area contributed by atoms with Gasteiger partial charge < -0.3 is 15.0 Å². The third-order valence-electron chi connectivity index (χ3n) is 3.06. The lowest BCUT2D eigenvalue weighted by molar-refractivity contribution is -0.132. The molecular weight excluding hydrogens is 294 g/mol. The highest BCUT2D eigenvalue weighted by molar-refractivity contribution is 8.14. The van der Waals surface area contributed by atoms with E-state index in [2.05, 4.69) is 10.3 Å². The van der Waals surface area contributed by atoms with Gasteiger partial charge in [-0.25, -0.2) is 0 Å². The van der Waals surface area contributed by atoms with Crippen LogP contribution >= 0.6 is 11.8 Å². The maximum Gasteiger partial charge on any atom is 0.284 e. The third kappa shape index (κ3) is 3.92. The Morgan fingerprint density at radius 3 is 2.57 bits per heavy atom. The monoisotopic (exact) mass is 311 g/mol. The average molecular weight is 311 g/mol. The van der Waals surface area contributed by atoms with E-state index >= 15 is 0 Å². The zero-order valence-electron chi connectivity index (χ0n) is 12.0. The van der Waals surface area contributed by atoms with Crippen LogP contribution in [0.25, 0.3) is 0 Å². The fourth-order valence-electron chi connectivity index (χ4n) is 1.98. The number of hydrogen-bond donors (Lipinski definition) is 1. The van der Waals surface area contributed by atoms with Gasteiger partial charge in [-0.3, -0.25) is 14.4 Å². The second-order valence-electron chi connectivity index (χ2n) is 4.83. The molecule has 0 aliphatic carbocycles. The number of carbonyl (C=O) groups excluding carboxylic acids is 3. The van der Waals surface area contributed by atoms with Gasteiger partial charge in [0.2, 0.25) is 5.91 Å². The van der Waals surface area contributed by atoms with Crippen LogP contribution in [0.2, 0.25) is 0 Å². The molecule has 0 unspecified atom stereocenters. The summed E-state index contributed by atoms with van der Waals surface area (Å²) in [6, 6.07) is 0. The highest BCUT2D eigenvalue weighted by Gasteiger charge is 2.27. The number of nitrogens with one attached hydrogen (secondary N) is 1. The number of allylic oxidation sites excluding steroid dienone is 1. The van der Waals surface area contributed by atoms with Crippen molar-refractivity contribution >= 4 is 34.7 Å². The standard InChI is InChI=1S/C13H17N3O4S/c1-8(2)10-11(18)14-13(15-12(10)19)21-7-9(17)16-3-5-20-6-4-16/h3-7H2,1-2H3,(H,14,15,18,19). The molecule has 0 spiro atoms. The summed E-state index contributed by atoms with van der Waals surface area (Å²) in [5.41, 5.74) is 0.688. The van der Waals surface area contributed by atoms with E-state index in [0.717, 1.165) is 11.8 Å². The maximum absolute atomic E-state index is 12.0. The number of amidine groups is 1. The summed E-state index contributed by atoms with van der Waals surface area (Å²) in [4.78, 5) is 41.0. The third-order valence-corrected chi connectivity index (χ3v) is 3.92. The van der Waals surface area contributed by atoms with Crippen LogP contribution in [0.3, 0.4) is 0 Å². The summed E-state index contributed by atoms with van der Waals surface area (Å²) < 4.78 is 5.18. The summed E-state index contributed by atoms with van der Waals surface area (Å²) in [5, 5.41) is 2.71. The Balaban J connectivity index is 1.93. The van der Waals surface area contributed by atoms with E-state index in [9.17, 15) is 14.4 Å². The van der Waals surface area contributed by atoms with E-state index in [4.69, 9.17) is 4.74 Å². The van der Waals surface area contributed by atoms with Crippen LogP contribution in [0.1, 0.15) is 13.8 Å². The molecule has 8 heteroatoms. The van der Waals surface area contributed by atoms with Crippen molar-refractivity contribution in [1.29, 1.82) is 0 Å². The van der Waals surface area contributed by atoms with Crippen LogP contribution in [-0.2, 0) is 19.1 Å². The van der Waals surface area contributed by atoms with Gasteiger partial charge in [0, 0.05) is 13.1 Å². The predicted molar refractivity (Wildman–Crippen MR) is 78.8 cm³/mol. The topological polar surface area (TPSA) is 88.1 Å². The number of nitrogens with zero attached hydrogens (tertiary/aromatic N) is 2. The van der Waals surface area contributed by atoms with E-state index in [0.29, 0.717) is 31.9 Å². The molecule has 2 aliphatic heterocycles. The lowest BCUT2D eigenvalue weighted by Gasteiger charge is -2.26. The average Bonchev–Trinajstić information content (AvgIpc) is 2.44. The molecule has 2 rings (SSSR count). The van der Waals surface area contributed by atoms with Gasteiger partial charge in [-0.1, -0.05) is 17.3 Å². The van der Waals surface area contributed by atoms with Gasteiger partial charge in [-0.2, -0.15) is 4.99 Å². The highest BCUT2D eigenvalue weighted by atomic mass is 32.2. The molecule has 0 aromatic carbocycles. The molecule has 1 N–H and O–H groups in total. The number of rotatable bonds is 2. The number of morpholine rings is 1. The zero-order valence-corrected chi connectivity index (χ0v) is 12.8. The number of hydrogen-bond acceptors (Lipinski definition) is 5. The summed E-state index contributed by atoms with van der Waals surface area (Å²) in [6.45, 7) is 5.58. The minimum Gasteiger partial charge on any atom is -0.378 e. The summed E-state index contributed by atoms with van der Waals surface area (Å²) in [6.07, 6.45) is 0. The lowest BCUT2D eigenvalue weighted by atomic mass is 10.1. The quantitative estimate of drug-likeness (QED) is 0.569. The first-order valence-electron chi connectivity index (χ1n) is 6.59. The lowest BCUT2D eigenvalue weighted by Crippen LogP contribution is -2.42. The van der Waals surface area contributed by atoms with Gasteiger partial charge in [-0.15, -0.1) is 0 Å². The van der Waals surface area contributed by atoms with Crippen molar-refractivity contribution < 1.29 is 19.1 Å². The number of aliphatic imine (C=N–C) groups is 1. The number of thioether (sulfide) groups is 1. The number of amides is 3. The molecule has 114 valence electrons. The molecule has 2 aliphatic rings. The normalized spacial score (nSPS) is 19.2. The van der Waals surface area contributed by atoms with Gasteiger partial charge in [0.1, 0.15) is 5.57 Å². The molecule has 0 radical (unpaired) electrons. The van der Waals surface area contributed by atoms with E-state index in [1.807, 2.05) is 0 Å². The Hall–Kier alpha value is -1.67. The minimum absolute atomic E-state index is 0.0549. The molecule has 1 saturated heterocycles. The van der Waals surface area contributed by atoms with Crippen molar-refractivity contribution in [1.82, 2.24) is 10.2 Å². The van der Waals surface area contributed by atoms with Crippen molar-refractivity contribution in [2.24, 2.45) is 4.99 Å². The van der Waals surface area contributed by atoms with Crippen LogP contribution in [0, 0.1) is 0 Å². The van der Waals surface area contributed by atoms with Gasteiger partial charge in [-0.05, 0) is 13.8 Å². The molecular formula is C13H17N3O4S. The van der Waals surface area contributed by atoms with E-state index in [-0.39, 0.29) is 22.4 Å². The first kappa shape index (κ1) is 15.7. The Kier molecular flexibility index (Phi) is 5.13. The fourth-order valence-corrected chi connectivity index (χ4v) is 2.73. The first-order valence-corrected chi connectivity index (χ1v) is 7.57. The molecule has 1 fully saturated rings. The molecule has 0 saturated carbocycles. The molecule has 2 heterocycles. The number of carbonyl (C=O) groups is 3. The maximum atomic E-state index is 12.0. The SMILES string of the molecule is CC(C)=C1C(=O)N=C(SCC(=O)N2CCOCC2)NC1=O. The van der Waals surface area contributed by atoms with Crippen LogP contribution < -0.4 is 5.32 Å². The smallest absolute Gasteiger partial charge is 0.284 e. The van der Waals surface area contributed by atoms with Crippen LogP contribution in [0.4, 0.5) is 0 Å². The van der Waals surface area contributed by atoms with Gasteiger partial charge >= 0.3 is 0 Å². The Bertz CT molecular complexity index is 532. The molecule has 0 aromatic heterocycles. The van der Waals surface area contributed by atoms with E-state index in [1.54, 1.807) is 18.7 Å².